The second-order valence-corrected chi connectivity index (χ2v) is 5.01. The van der Waals surface area contributed by atoms with E-state index in [-0.39, 0.29) is 0 Å². The van der Waals surface area contributed by atoms with Gasteiger partial charge in [-0.3, -0.25) is 0 Å². The van der Waals surface area contributed by atoms with Crippen LogP contribution in [0, 0.1) is 6.92 Å². The molecule has 0 aliphatic heterocycles. The highest BCUT2D eigenvalue weighted by molar-refractivity contribution is 5.92. The van der Waals surface area contributed by atoms with Crippen LogP contribution in [0.25, 0.3) is 22.1 Å². The van der Waals surface area contributed by atoms with Gasteiger partial charge < -0.3 is 9.15 Å². The van der Waals surface area contributed by atoms with Crippen LogP contribution in [0.3, 0.4) is 0 Å². The number of hydrogen-bond donors (Lipinski definition) is 0. The second kappa shape index (κ2) is 5.48. The molecule has 0 radical (unpaired) electrons. The second-order valence-electron chi connectivity index (χ2n) is 5.01. The number of carbonyl (C=O) groups is 1. The Bertz CT molecular complexity index is 922. The summed E-state index contributed by atoms with van der Waals surface area (Å²) in [4.78, 5) is 23.9. The van der Waals surface area contributed by atoms with Crippen molar-refractivity contribution in [1.29, 1.82) is 0 Å². The van der Waals surface area contributed by atoms with Gasteiger partial charge in [0, 0.05) is 5.39 Å². The third kappa shape index (κ3) is 2.39. The zero-order valence-corrected chi connectivity index (χ0v) is 12.3. The van der Waals surface area contributed by atoms with Crippen LogP contribution in [0.2, 0.25) is 0 Å². The molecule has 0 bridgehead atoms. The Morgan fingerprint density at radius 1 is 1.05 bits per heavy atom. The minimum atomic E-state index is -0.438. The first kappa shape index (κ1) is 14.1. The molecule has 0 unspecified atom stereocenters. The number of rotatable bonds is 2. The molecule has 0 fully saturated rings. The van der Waals surface area contributed by atoms with Gasteiger partial charge in [0.1, 0.15) is 5.58 Å². The predicted octanol–water partition coefficient (Wildman–Crippen LogP) is 3.56. The molecule has 1 heterocycles. The molecule has 1 aromatic heterocycles. The zero-order chi connectivity index (χ0) is 15.7. The molecule has 110 valence electrons. The van der Waals surface area contributed by atoms with Gasteiger partial charge in [-0.05, 0) is 42.3 Å². The number of para-hydroxylation sites is 1. The minimum absolute atomic E-state index is 0.399. The summed E-state index contributed by atoms with van der Waals surface area (Å²) in [5.74, 6) is -0.438. The first-order valence-corrected chi connectivity index (χ1v) is 6.82. The third-order valence-electron chi connectivity index (χ3n) is 3.59. The Labute approximate surface area is 127 Å². The van der Waals surface area contributed by atoms with Gasteiger partial charge in [-0.2, -0.15) is 0 Å². The monoisotopic (exact) mass is 294 g/mol. The van der Waals surface area contributed by atoms with Crippen LogP contribution >= 0.6 is 0 Å². The molecule has 4 nitrogen and oxygen atoms in total. The molecule has 0 saturated carbocycles. The highest BCUT2D eigenvalue weighted by atomic mass is 16.5. The maximum Gasteiger partial charge on any atom is 0.344 e. The molecule has 3 aromatic rings. The van der Waals surface area contributed by atoms with Gasteiger partial charge in [0.2, 0.25) is 0 Å². The lowest BCUT2D eigenvalue weighted by atomic mass is 9.98. The van der Waals surface area contributed by atoms with Crippen molar-refractivity contribution in [3.05, 3.63) is 70.1 Å². The number of fused-ring (bicyclic) bond motifs is 1. The number of benzene rings is 2. The molecule has 2 aromatic carbocycles. The summed E-state index contributed by atoms with van der Waals surface area (Å²) in [7, 11) is 1.33. The Hall–Kier alpha value is -2.88. The van der Waals surface area contributed by atoms with Crippen LogP contribution in [0.15, 0.2) is 57.7 Å². The van der Waals surface area contributed by atoms with Gasteiger partial charge in [0.15, 0.2) is 0 Å². The first-order valence-electron chi connectivity index (χ1n) is 6.82. The SMILES string of the molecule is COC(=O)c1ccc(C)c(-c2cc3ccccc3oc2=O)c1. The summed E-state index contributed by atoms with van der Waals surface area (Å²) in [5.41, 5.74) is 2.50. The van der Waals surface area contributed by atoms with Crippen molar-refractivity contribution < 1.29 is 13.9 Å². The summed E-state index contributed by atoms with van der Waals surface area (Å²) in [6.45, 7) is 1.88. The summed E-state index contributed by atoms with van der Waals surface area (Å²) < 4.78 is 10.1. The Morgan fingerprint density at radius 3 is 2.59 bits per heavy atom. The molecule has 0 atom stereocenters. The van der Waals surface area contributed by atoms with E-state index >= 15 is 0 Å². The lowest BCUT2D eigenvalue weighted by molar-refractivity contribution is 0.0601. The van der Waals surface area contributed by atoms with Gasteiger partial charge in [0.05, 0.1) is 18.2 Å². The van der Waals surface area contributed by atoms with Crippen LogP contribution in [-0.2, 0) is 4.74 Å². The highest BCUT2D eigenvalue weighted by Gasteiger charge is 2.13. The highest BCUT2D eigenvalue weighted by Crippen LogP contribution is 2.25. The number of methoxy groups -OCH3 is 1. The third-order valence-corrected chi connectivity index (χ3v) is 3.59. The standard InChI is InChI=1S/C18H14O4/c1-11-7-8-13(17(19)21-2)10-14(11)15-9-12-5-3-4-6-16(12)22-18(15)20/h3-10H,1-2H3. The van der Waals surface area contributed by atoms with E-state index < -0.39 is 11.6 Å². The van der Waals surface area contributed by atoms with Crippen molar-refractivity contribution in [2.24, 2.45) is 0 Å². The van der Waals surface area contributed by atoms with Crippen molar-refractivity contribution >= 4 is 16.9 Å². The summed E-state index contributed by atoms with van der Waals surface area (Å²) in [6.07, 6.45) is 0. The van der Waals surface area contributed by atoms with E-state index in [1.54, 1.807) is 30.3 Å². The number of aryl methyl sites for hydroxylation is 1. The van der Waals surface area contributed by atoms with Gasteiger partial charge in [-0.15, -0.1) is 0 Å². The molecule has 0 amide bonds. The molecule has 0 aliphatic carbocycles. The molecule has 4 heteroatoms. The van der Waals surface area contributed by atoms with Crippen molar-refractivity contribution in [2.75, 3.05) is 7.11 Å². The summed E-state index contributed by atoms with van der Waals surface area (Å²) in [5, 5.41) is 0.833. The number of esters is 1. The molecular formula is C18H14O4. The van der Waals surface area contributed by atoms with E-state index in [9.17, 15) is 9.59 Å². The van der Waals surface area contributed by atoms with E-state index in [1.165, 1.54) is 7.11 Å². The topological polar surface area (TPSA) is 56.5 Å². The Kier molecular flexibility index (Phi) is 3.51. The molecule has 22 heavy (non-hydrogen) atoms. The van der Waals surface area contributed by atoms with Crippen LogP contribution < -0.4 is 5.63 Å². The predicted molar refractivity (Wildman–Crippen MR) is 84.0 cm³/mol. The molecule has 3 rings (SSSR count). The molecule has 0 spiro atoms. The zero-order valence-electron chi connectivity index (χ0n) is 12.3. The quantitative estimate of drug-likeness (QED) is 0.535. The summed E-state index contributed by atoms with van der Waals surface area (Å²) >= 11 is 0. The van der Waals surface area contributed by atoms with Crippen LogP contribution in [0.4, 0.5) is 0 Å². The maximum atomic E-state index is 12.3. The lowest BCUT2D eigenvalue weighted by Crippen LogP contribution is -2.06. The van der Waals surface area contributed by atoms with E-state index in [0.717, 1.165) is 10.9 Å². The molecule has 0 aliphatic rings. The molecular weight excluding hydrogens is 280 g/mol. The number of ether oxygens (including phenoxy) is 1. The first-order chi connectivity index (χ1) is 10.6. The van der Waals surface area contributed by atoms with Crippen molar-refractivity contribution in [2.45, 2.75) is 6.92 Å². The average molecular weight is 294 g/mol. The fourth-order valence-electron chi connectivity index (χ4n) is 2.41. The Balaban J connectivity index is 2.24. The van der Waals surface area contributed by atoms with Crippen molar-refractivity contribution in [3.8, 4) is 11.1 Å². The molecule has 0 N–H and O–H groups in total. The van der Waals surface area contributed by atoms with Crippen LogP contribution in [-0.4, -0.2) is 13.1 Å². The van der Waals surface area contributed by atoms with Gasteiger partial charge >= 0.3 is 11.6 Å². The number of carbonyl (C=O) groups excluding carboxylic acids is 1. The van der Waals surface area contributed by atoms with Crippen LogP contribution in [0.5, 0.6) is 0 Å². The van der Waals surface area contributed by atoms with Crippen molar-refractivity contribution in [3.63, 3.8) is 0 Å². The van der Waals surface area contributed by atoms with E-state index in [2.05, 4.69) is 0 Å². The fraction of sp³-hybridized carbons (Fsp3) is 0.111. The van der Waals surface area contributed by atoms with Gasteiger partial charge in [0.25, 0.3) is 0 Å². The van der Waals surface area contributed by atoms with E-state index in [4.69, 9.17) is 9.15 Å². The number of hydrogen-bond acceptors (Lipinski definition) is 4. The normalized spacial score (nSPS) is 10.6. The van der Waals surface area contributed by atoms with Crippen LogP contribution in [0.1, 0.15) is 15.9 Å². The smallest absolute Gasteiger partial charge is 0.344 e. The minimum Gasteiger partial charge on any atom is -0.465 e. The average Bonchev–Trinajstić information content (AvgIpc) is 2.54. The fourth-order valence-corrected chi connectivity index (χ4v) is 2.41. The van der Waals surface area contributed by atoms with Crippen molar-refractivity contribution in [1.82, 2.24) is 0 Å². The van der Waals surface area contributed by atoms with Gasteiger partial charge in [-0.25, -0.2) is 9.59 Å². The van der Waals surface area contributed by atoms with E-state index in [1.807, 2.05) is 25.1 Å². The molecule has 0 saturated heterocycles. The van der Waals surface area contributed by atoms with Gasteiger partial charge in [-0.1, -0.05) is 24.3 Å². The lowest BCUT2D eigenvalue weighted by Gasteiger charge is -2.08. The summed E-state index contributed by atoms with van der Waals surface area (Å²) in [6, 6.07) is 14.2. The Morgan fingerprint density at radius 2 is 1.82 bits per heavy atom. The van der Waals surface area contributed by atoms with E-state index in [0.29, 0.717) is 22.3 Å². The largest absolute Gasteiger partial charge is 0.465 e. The maximum absolute atomic E-state index is 12.3.